The second-order valence-electron chi connectivity index (χ2n) is 8.90. The van der Waals surface area contributed by atoms with Crippen LogP contribution < -0.4 is 10.6 Å². The summed E-state index contributed by atoms with van der Waals surface area (Å²) in [6, 6.07) is 7.09. The lowest BCUT2D eigenvalue weighted by Crippen LogP contribution is -2.50. The number of carbonyl (C=O) groups excluding carboxylic acids is 2. The number of nitrogens with one attached hydrogen (secondary N) is 2. The van der Waals surface area contributed by atoms with Crippen molar-refractivity contribution >= 4 is 11.8 Å². The van der Waals surface area contributed by atoms with E-state index in [0.717, 1.165) is 19.3 Å². The molecule has 0 unspecified atom stereocenters. The molecule has 1 saturated carbocycles. The lowest BCUT2D eigenvalue weighted by Gasteiger charge is -2.47. The number of aromatic nitrogens is 2. The maximum absolute atomic E-state index is 12.6. The number of rotatable bonds is 5. The predicted octanol–water partition coefficient (Wildman–Crippen LogP) is 3.22. The van der Waals surface area contributed by atoms with Crippen LogP contribution in [-0.4, -0.2) is 34.4 Å². The molecule has 2 heterocycles. The normalized spacial score (nSPS) is 23.6. The van der Waals surface area contributed by atoms with Crippen LogP contribution in [0.2, 0.25) is 0 Å². The second-order valence-corrected chi connectivity index (χ2v) is 8.90. The van der Waals surface area contributed by atoms with E-state index in [-0.39, 0.29) is 28.7 Å². The summed E-state index contributed by atoms with van der Waals surface area (Å²) in [7, 11) is 0. The summed E-state index contributed by atoms with van der Waals surface area (Å²) in [5.74, 6) is -0.216. The Morgan fingerprint density at radius 1 is 1.00 bits per heavy atom. The monoisotopic (exact) mass is 380 g/mol. The Kier molecular flexibility index (Phi) is 5.77. The Bertz CT molecular complexity index is 823. The molecule has 2 aromatic heterocycles. The summed E-state index contributed by atoms with van der Waals surface area (Å²) >= 11 is 0. The minimum atomic E-state index is -0.117. The summed E-state index contributed by atoms with van der Waals surface area (Å²) in [5, 5.41) is 6.21. The quantitative estimate of drug-likeness (QED) is 0.834. The first-order chi connectivity index (χ1) is 13.3. The van der Waals surface area contributed by atoms with E-state index in [1.807, 2.05) is 0 Å². The van der Waals surface area contributed by atoms with Gasteiger partial charge in [0.2, 0.25) is 0 Å². The standard InChI is InChI=1S/C22H28N4O2/c1-21(2)10-18(26-20(28)17-7-5-9-24-13-17)11-22(3,14-21)15-25-19(27)16-6-4-8-23-12-16/h4-9,12-13,18H,10-11,14-15H2,1-3H3,(H,25,27)(H,26,28)/t18-,22+/m0/s1. The summed E-state index contributed by atoms with van der Waals surface area (Å²) in [6.45, 7) is 7.18. The highest BCUT2D eigenvalue weighted by molar-refractivity contribution is 5.94. The number of amides is 2. The van der Waals surface area contributed by atoms with Gasteiger partial charge >= 0.3 is 0 Å². The van der Waals surface area contributed by atoms with Crippen LogP contribution in [0, 0.1) is 10.8 Å². The van der Waals surface area contributed by atoms with Gasteiger partial charge in [0.1, 0.15) is 0 Å². The molecular weight excluding hydrogens is 352 g/mol. The van der Waals surface area contributed by atoms with Crippen LogP contribution >= 0.6 is 0 Å². The lowest BCUT2D eigenvalue weighted by molar-refractivity contribution is 0.0592. The third-order valence-corrected chi connectivity index (χ3v) is 5.30. The first kappa shape index (κ1) is 20.0. The number of carbonyl (C=O) groups is 2. The molecule has 28 heavy (non-hydrogen) atoms. The van der Waals surface area contributed by atoms with Crippen LogP contribution in [0.1, 0.15) is 60.7 Å². The second kappa shape index (κ2) is 8.09. The SMILES string of the molecule is CC1(C)C[C@H](NC(=O)c2cccnc2)C[C@@](C)(CNC(=O)c2cccnc2)C1. The van der Waals surface area contributed by atoms with Gasteiger partial charge in [-0.05, 0) is 54.4 Å². The number of pyridine rings is 2. The van der Waals surface area contributed by atoms with Crippen molar-refractivity contribution in [3.05, 3.63) is 60.2 Å². The molecule has 1 fully saturated rings. The number of hydrogen-bond donors (Lipinski definition) is 2. The summed E-state index contributed by atoms with van der Waals surface area (Å²) < 4.78 is 0. The minimum Gasteiger partial charge on any atom is -0.351 e. The van der Waals surface area contributed by atoms with E-state index in [1.165, 1.54) is 0 Å². The van der Waals surface area contributed by atoms with Crippen molar-refractivity contribution in [2.24, 2.45) is 10.8 Å². The van der Waals surface area contributed by atoms with Gasteiger partial charge in [0.05, 0.1) is 11.1 Å². The van der Waals surface area contributed by atoms with Crippen molar-refractivity contribution in [3.63, 3.8) is 0 Å². The zero-order chi connectivity index (χ0) is 20.2. The fraction of sp³-hybridized carbons (Fsp3) is 0.455. The molecule has 0 aliphatic heterocycles. The van der Waals surface area contributed by atoms with Crippen molar-refractivity contribution in [3.8, 4) is 0 Å². The van der Waals surface area contributed by atoms with E-state index >= 15 is 0 Å². The van der Waals surface area contributed by atoms with Crippen LogP contribution in [0.3, 0.4) is 0 Å². The van der Waals surface area contributed by atoms with Crippen LogP contribution in [0.4, 0.5) is 0 Å². The van der Waals surface area contributed by atoms with Gasteiger partial charge in [-0.15, -0.1) is 0 Å². The van der Waals surface area contributed by atoms with Gasteiger partial charge < -0.3 is 10.6 Å². The zero-order valence-electron chi connectivity index (χ0n) is 16.7. The molecule has 2 aromatic rings. The molecule has 6 nitrogen and oxygen atoms in total. The van der Waals surface area contributed by atoms with Crippen LogP contribution in [-0.2, 0) is 0 Å². The molecule has 148 valence electrons. The molecule has 2 amide bonds. The van der Waals surface area contributed by atoms with E-state index in [1.54, 1.807) is 49.1 Å². The fourth-order valence-corrected chi connectivity index (χ4v) is 4.53. The summed E-state index contributed by atoms with van der Waals surface area (Å²) in [4.78, 5) is 33.0. The average Bonchev–Trinajstić information content (AvgIpc) is 2.66. The van der Waals surface area contributed by atoms with Crippen molar-refractivity contribution in [2.75, 3.05) is 6.54 Å². The van der Waals surface area contributed by atoms with Crippen molar-refractivity contribution in [2.45, 2.75) is 46.1 Å². The van der Waals surface area contributed by atoms with Crippen LogP contribution in [0.15, 0.2) is 49.1 Å². The topological polar surface area (TPSA) is 84.0 Å². The maximum Gasteiger partial charge on any atom is 0.253 e. The van der Waals surface area contributed by atoms with E-state index < -0.39 is 0 Å². The van der Waals surface area contributed by atoms with Gasteiger partial charge in [0, 0.05) is 37.4 Å². The van der Waals surface area contributed by atoms with Gasteiger partial charge in [-0.1, -0.05) is 20.8 Å². The lowest BCUT2D eigenvalue weighted by atomic mass is 9.62. The van der Waals surface area contributed by atoms with Crippen molar-refractivity contribution in [1.82, 2.24) is 20.6 Å². The predicted molar refractivity (Wildman–Crippen MR) is 108 cm³/mol. The fourth-order valence-electron chi connectivity index (χ4n) is 4.53. The van der Waals surface area contributed by atoms with E-state index in [2.05, 4.69) is 41.4 Å². The molecule has 0 spiro atoms. The Morgan fingerprint density at radius 2 is 1.61 bits per heavy atom. The highest BCUT2D eigenvalue weighted by atomic mass is 16.2. The van der Waals surface area contributed by atoms with Crippen LogP contribution in [0.5, 0.6) is 0 Å². The third-order valence-electron chi connectivity index (χ3n) is 5.30. The van der Waals surface area contributed by atoms with Crippen molar-refractivity contribution in [1.29, 1.82) is 0 Å². The molecule has 0 saturated heterocycles. The van der Waals surface area contributed by atoms with Gasteiger partial charge in [-0.3, -0.25) is 19.6 Å². The molecule has 0 aromatic carbocycles. The molecule has 0 bridgehead atoms. The largest absolute Gasteiger partial charge is 0.351 e. The van der Waals surface area contributed by atoms with Gasteiger partial charge in [0.25, 0.3) is 11.8 Å². The van der Waals surface area contributed by atoms with Crippen molar-refractivity contribution < 1.29 is 9.59 Å². The van der Waals surface area contributed by atoms with Gasteiger partial charge in [-0.25, -0.2) is 0 Å². The highest BCUT2D eigenvalue weighted by Crippen LogP contribution is 2.45. The minimum absolute atomic E-state index is 0.0525. The zero-order valence-corrected chi connectivity index (χ0v) is 16.7. The van der Waals surface area contributed by atoms with E-state index in [9.17, 15) is 9.59 Å². The Morgan fingerprint density at radius 3 is 2.18 bits per heavy atom. The molecule has 1 aliphatic carbocycles. The Balaban J connectivity index is 1.65. The Labute approximate surface area is 166 Å². The van der Waals surface area contributed by atoms with Gasteiger partial charge in [-0.2, -0.15) is 0 Å². The molecule has 2 atom stereocenters. The maximum atomic E-state index is 12.6. The smallest absolute Gasteiger partial charge is 0.253 e. The van der Waals surface area contributed by atoms with E-state index in [0.29, 0.717) is 17.7 Å². The molecule has 6 heteroatoms. The summed E-state index contributed by atoms with van der Waals surface area (Å²) in [5.41, 5.74) is 1.09. The first-order valence-electron chi connectivity index (χ1n) is 9.66. The highest BCUT2D eigenvalue weighted by Gasteiger charge is 2.41. The average molecular weight is 380 g/mol. The van der Waals surface area contributed by atoms with E-state index in [4.69, 9.17) is 0 Å². The molecular formula is C22H28N4O2. The van der Waals surface area contributed by atoms with Crippen LogP contribution in [0.25, 0.3) is 0 Å². The third kappa shape index (κ3) is 5.15. The molecule has 1 aliphatic rings. The molecule has 3 rings (SSSR count). The number of hydrogen-bond acceptors (Lipinski definition) is 4. The Hall–Kier alpha value is -2.76. The molecule has 0 radical (unpaired) electrons. The summed E-state index contributed by atoms with van der Waals surface area (Å²) in [6.07, 6.45) is 9.16. The number of nitrogens with zero attached hydrogens (tertiary/aromatic N) is 2. The first-order valence-corrected chi connectivity index (χ1v) is 9.66. The molecule has 2 N–H and O–H groups in total. The van der Waals surface area contributed by atoms with Gasteiger partial charge in [0.15, 0.2) is 0 Å².